The molecule has 1 unspecified atom stereocenters. The van der Waals surface area contributed by atoms with Gasteiger partial charge in [0, 0.05) is 0 Å². The van der Waals surface area contributed by atoms with Gasteiger partial charge in [-0.05, 0) is 24.7 Å². The molecule has 0 saturated carbocycles. The largest absolute Gasteiger partial charge is 0.198 e. The maximum Gasteiger partial charge on any atom is 0.0659 e. The molecule has 0 aliphatic rings. The molecule has 0 radical (unpaired) electrons. The van der Waals surface area contributed by atoms with Gasteiger partial charge >= 0.3 is 0 Å². The first kappa shape index (κ1) is 13.2. The van der Waals surface area contributed by atoms with Crippen LogP contribution in [0.5, 0.6) is 0 Å². The Morgan fingerprint density at radius 2 is 2.00 bits per heavy atom. The van der Waals surface area contributed by atoms with E-state index in [0.29, 0.717) is 5.41 Å². The summed E-state index contributed by atoms with van der Waals surface area (Å²) in [5.74, 6) is 0.176. The normalized spacial score (nSPS) is 13.4. The van der Waals surface area contributed by atoms with Gasteiger partial charge in [0.25, 0.3) is 0 Å². The Kier molecular flexibility index (Phi) is 5.53. The second-order valence-electron chi connectivity index (χ2n) is 5.31. The van der Waals surface area contributed by atoms with E-state index in [1.807, 2.05) is 0 Å². The van der Waals surface area contributed by atoms with Crippen LogP contribution in [0.2, 0.25) is 0 Å². The molecule has 0 aromatic heterocycles. The van der Waals surface area contributed by atoms with Gasteiger partial charge in [0.15, 0.2) is 0 Å². The minimum absolute atomic E-state index is 0.176. The van der Waals surface area contributed by atoms with Crippen LogP contribution in [0.1, 0.15) is 53.4 Å². The molecule has 0 spiro atoms. The van der Waals surface area contributed by atoms with E-state index in [1.54, 1.807) is 0 Å². The van der Waals surface area contributed by atoms with Crippen molar-refractivity contribution in [3.8, 4) is 6.07 Å². The summed E-state index contributed by atoms with van der Waals surface area (Å²) in [4.78, 5) is 0. The minimum atomic E-state index is 0.176. The number of nitriles is 1. The van der Waals surface area contributed by atoms with Gasteiger partial charge in [-0.1, -0.05) is 46.3 Å². The Bertz CT molecular complexity index is 214. The standard InChI is InChI=1S/C13H23N/c1-6-7-12(10-14)8-11(2)9-13(3,4)5/h12H,2,6-9H2,1,3-5H3. The van der Waals surface area contributed by atoms with Crippen LogP contribution in [0.3, 0.4) is 0 Å². The Morgan fingerprint density at radius 1 is 1.43 bits per heavy atom. The molecule has 1 atom stereocenters. The van der Waals surface area contributed by atoms with E-state index in [9.17, 15) is 0 Å². The third-order valence-electron chi connectivity index (χ3n) is 2.14. The SMILES string of the molecule is C=C(CC(C#N)CCC)CC(C)(C)C. The molecule has 0 N–H and O–H groups in total. The summed E-state index contributed by atoms with van der Waals surface area (Å²) in [7, 11) is 0. The van der Waals surface area contributed by atoms with Crippen LogP contribution in [0.4, 0.5) is 0 Å². The van der Waals surface area contributed by atoms with Crippen LogP contribution in [0, 0.1) is 22.7 Å². The number of nitrogens with zero attached hydrogens (tertiary/aromatic N) is 1. The zero-order valence-corrected chi connectivity index (χ0v) is 10.1. The molecule has 0 bridgehead atoms. The molecule has 0 aliphatic carbocycles. The second-order valence-corrected chi connectivity index (χ2v) is 5.31. The number of allylic oxidation sites excluding steroid dienone is 1. The van der Waals surface area contributed by atoms with Crippen LogP contribution in [-0.2, 0) is 0 Å². The van der Waals surface area contributed by atoms with Gasteiger partial charge in [-0.2, -0.15) is 5.26 Å². The number of hydrogen-bond acceptors (Lipinski definition) is 1. The lowest BCUT2D eigenvalue weighted by Crippen LogP contribution is -2.08. The van der Waals surface area contributed by atoms with Crippen molar-refractivity contribution in [2.45, 2.75) is 53.4 Å². The summed E-state index contributed by atoms with van der Waals surface area (Å²) >= 11 is 0. The first-order valence-electron chi connectivity index (χ1n) is 5.45. The van der Waals surface area contributed by atoms with Crippen LogP contribution in [0.15, 0.2) is 12.2 Å². The van der Waals surface area contributed by atoms with Crippen molar-refractivity contribution in [3.63, 3.8) is 0 Å². The Morgan fingerprint density at radius 3 is 2.36 bits per heavy atom. The fourth-order valence-electron chi connectivity index (χ4n) is 1.73. The Hall–Kier alpha value is -0.770. The maximum absolute atomic E-state index is 8.91. The number of hydrogen-bond donors (Lipinski definition) is 0. The molecule has 0 aromatic rings. The predicted molar refractivity (Wildman–Crippen MR) is 61.8 cm³/mol. The third kappa shape index (κ3) is 6.71. The molecule has 14 heavy (non-hydrogen) atoms. The monoisotopic (exact) mass is 193 g/mol. The highest BCUT2D eigenvalue weighted by Gasteiger charge is 2.15. The van der Waals surface area contributed by atoms with Crippen molar-refractivity contribution in [2.75, 3.05) is 0 Å². The van der Waals surface area contributed by atoms with Crippen LogP contribution < -0.4 is 0 Å². The quantitative estimate of drug-likeness (QED) is 0.597. The second kappa shape index (κ2) is 5.86. The molecule has 0 heterocycles. The molecule has 0 fully saturated rings. The average Bonchev–Trinajstić information content (AvgIpc) is 2.00. The van der Waals surface area contributed by atoms with Crippen molar-refractivity contribution in [1.82, 2.24) is 0 Å². The molecule has 0 aromatic carbocycles. The highest BCUT2D eigenvalue weighted by Crippen LogP contribution is 2.27. The van der Waals surface area contributed by atoms with E-state index in [1.165, 1.54) is 5.57 Å². The molecule has 0 rings (SSSR count). The van der Waals surface area contributed by atoms with E-state index >= 15 is 0 Å². The van der Waals surface area contributed by atoms with E-state index in [2.05, 4.69) is 40.3 Å². The lowest BCUT2D eigenvalue weighted by molar-refractivity contribution is 0.397. The molecule has 1 heteroatoms. The zero-order valence-electron chi connectivity index (χ0n) is 10.1. The molecular formula is C13H23N. The Labute approximate surface area is 88.8 Å². The van der Waals surface area contributed by atoms with Gasteiger partial charge in [0.2, 0.25) is 0 Å². The first-order chi connectivity index (χ1) is 6.39. The lowest BCUT2D eigenvalue weighted by atomic mass is 9.84. The predicted octanol–water partition coefficient (Wildman–Crippen LogP) is 4.31. The van der Waals surface area contributed by atoms with Gasteiger partial charge in [0.1, 0.15) is 0 Å². The van der Waals surface area contributed by atoms with Crippen molar-refractivity contribution < 1.29 is 0 Å². The molecule has 1 nitrogen and oxygen atoms in total. The smallest absolute Gasteiger partial charge is 0.0659 e. The van der Waals surface area contributed by atoms with E-state index < -0.39 is 0 Å². The fourth-order valence-corrected chi connectivity index (χ4v) is 1.73. The van der Waals surface area contributed by atoms with Crippen molar-refractivity contribution in [2.24, 2.45) is 11.3 Å². The van der Waals surface area contributed by atoms with Gasteiger partial charge in [-0.3, -0.25) is 0 Å². The summed E-state index contributed by atoms with van der Waals surface area (Å²) < 4.78 is 0. The molecule has 0 saturated heterocycles. The summed E-state index contributed by atoms with van der Waals surface area (Å²) in [6, 6.07) is 2.36. The molecule has 80 valence electrons. The van der Waals surface area contributed by atoms with Gasteiger partial charge in [-0.25, -0.2) is 0 Å². The van der Waals surface area contributed by atoms with Gasteiger partial charge < -0.3 is 0 Å². The maximum atomic E-state index is 8.91. The van der Waals surface area contributed by atoms with E-state index in [0.717, 1.165) is 25.7 Å². The molecule has 0 amide bonds. The highest BCUT2D eigenvalue weighted by molar-refractivity contribution is 5.02. The fraction of sp³-hybridized carbons (Fsp3) is 0.769. The summed E-state index contributed by atoms with van der Waals surface area (Å²) in [5, 5.41) is 8.91. The molecular weight excluding hydrogens is 170 g/mol. The Balaban J connectivity index is 3.99. The van der Waals surface area contributed by atoms with Crippen molar-refractivity contribution in [1.29, 1.82) is 5.26 Å². The van der Waals surface area contributed by atoms with Crippen LogP contribution >= 0.6 is 0 Å². The van der Waals surface area contributed by atoms with Gasteiger partial charge in [-0.15, -0.1) is 0 Å². The van der Waals surface area contributed by atoms with Crippen molar-refractivity contribution >= 4 is 0 Å². The average molecular weight is 193 g/mol. The third-order valence-corrected chi connectivity index (χ3v) is 2.14. The first-order valence-corrected chi connectivity index (χ1v) is 5.45. The topological polar surface area (TPSA) is 23.8 Å². The summed E-state index contributed by atoms with van der Waals surface area (Å²) in [6.07, 6.45) is 3.98. The van der Waals surface area contributed by atoms with Crippen LogP contribution in [-0.4, -0.2) is 0 Å². The molecule has 0 aliphatic heterocycles. The lowest BCUT2D eigenvalue weighted by Gasteiger charge is -2.20. The van der Waals surface area contributed by atoms with Gasteiger partial charge in [0.05, 0.1) is 12.0 Å². The summed E-state index contributed by atoms with van der Waals surface area (Å²) in [6.45, 7) is 12.8. The highest BCUT2D eigenvalue weighted by atomic mass is 14.3. The summed E-state index contributed by atoms with van der Waals surface area (Å²) in [5.41, 5.74) is 1.51. The van der Waals surface area contributed by atoms with Crippen LogP contribution in [0.25, 0.3) is 0 Å². The number of rotatable bonds is 5. The van der Waals surface area contributed by atoms with E-state index in [-0.39, 0.29) is 5.92 Å². The van der Waals surface area contributed by atoms with Crippen molar-refractivity contribution in [3.05, 3.63) is 12.2 Å². The minimum Gasteiger partial charge on any atom is -0.198 e. The van der Waals surface area contributed by atoms with E-state index in [4.69, 9.17) is 5.26 Å². The zero-order chi connectivity index (χ0) is 11.2.